The molecule has 1 rings (SSSR count). The molecule has 10 heavy (non-hydrogen) atoms. The molecule has 58 valence electrons. The Hall–Kier alpha value is -0.730. The highest BCUT2D eigenvalue weighted by Crippen LogP contribution is 2.12. The molecule has 0 aromatic heterocycles. The molecular formula is C7H13NO2. The maximum atomic E-state index is 10.6. The number of hydrogen-bond donors (Lipinski definition) is 1. The van der Waals surface area contributed by atoms with E-state index in [2.05, 4.69) is 12.2 Å². The number of rotatable bonds is 2. The van der Waals surface area contributed by atoms with E-state index in [4.69, 9.17) is 4.74 Å². The van der Waals surface area contributed by atoms with E-state index >= 15 is 0 Å². The van der Waals surface area contributed by atoms with Crippen LogP contribution in [-0.4, -0.2) is 18.2 Å². The Balaban J connectivity index is 2.38. The van der Waals surface area contributed by atoms with Crippen molar-refractivity contribution < 1.29 is 9.53 Å². The number of carbonyl (C=O) groups excluding carboxylic acids is 1. The summed E-state index contributed by atoms with van der Waals surface area (Å²) in [7, 11) is 0. The van der Waals surface area contributed by atoms with Gasteiger partial charge in [0.25, 0.3) is 0 Å². The van der Waals surface area contributed by atoms with Crippen molar-refractivity contribution in [3.8, 4) is 0 Å². The van der Waals surface area contributed by atoms with Crippen molar-refractivity contribution in [1.82, 2.24) is 5.32 Å². The van der Waals surface area contributed by atoms with Gasteiger partial charge in [0.15, 0.2) is 0 Å². The molecule has 0 bridgehead atoms. The van der Waals surface area contributed by atoms with E-state index in [0.29, 0.717) is 0 Å². The second kappa shape index (κ2) is 2.90. The van der Waals surface area contributed by atoms with Crippen LogP contribution in [0, 0.1) is 0 Å². The highest BCUT2D eigenvalue weighted by atomic mass is 16.6. The summed E-state index contributed by atoms with van der Waals surface area (Å²) in [5.74, 6) is 0. The molecule has 0 radical (unpaired) electrons. The zero-order valence-electron chi connectivity index (χ0n) is 6.39. The third kappa shape index (κ3) is 1.40. The van der Waals surface area contributed by atoms with Crippen LogP contribution in [-0.2, 0) is 4.74 Å². The third-order valence-corrected chi connectivity index (χ3v) is 1.76. The van der Waals surface area contributed by atoms with Crippen molar-refractivity contribution in [2.24, 2.45) is 0 Å². The molecule has 3 heteroatoms. The van der Waals surface area contributed by atoms with Crippen molar-refractivity contribution in [3.05, 3.63) is 0 Å². The maximum Gasteiger partial charge on any atom is 0.407 e. The maximum absolute atomic E-state index is 10.6. The standard InChI is InChI=1S/C7H13NO2/c1-3-4-6-5(2)10-7(9)8-6/h5-6H,3-4H2,1-2H3,(H,8,9)/t5-,6-/m0/s1. The van der Waals surface area contributed by atoms with Crippen LogP contribution in [0.5, 0.6) is 0 Å². The summed E-state index contributed by atoms with van der Waals surface area (Å²) in [4.78, 5) is 10.6. The molecule has 0 aliphatic carbocycles. The Labute approximate surface area is 60.7 Å². The molecule has 3 nitrogen and oxygen atoms in total. The van der Waals surface area contributed by atoms with E-state index in [0.717, 1.165) is 12.8 Å². The molecule has 1 amide bonds. The minimum absolute atomic E-state index is 0.0486. The van der Waals surface area contributed by atoms with Gasteiger partial charge < -0.3 is 10.1 Å². The fraction of sp³-hybridized carbons (Fsp3) is 0.857. The van der Waals surface area contributed by atoms with Crippen LogP contribution < -0.4 is 5.32 Å². The summed E-state index contributed by atoms with van der Waals surface area (Å²) in [5.41, 5.74) is 0. The quantitative estimate of drug-likeness (QED) is 0.632. The van der Waals surface area contributed by atoms with Gasteiger partial charge in [0, 0.05) is 0 Å². The minimum atomic E-state index is -0.272. The predicted molar refractivity (Wildman–Crippen MR) is 37.8 cm³/mol. The monoisotopic (exact) mass is 143 g/mol. The lowest BCUT2D eigenvalue weighted by Gasteiger charge is -2.09. The van der Waals surface area contributed by atoms with Crippen LogP contribution in [0.4, 0.5) is 4.79 Å². The summed E-state index contributed by atoms with van der Waals surface area (Å²) in [6.07, 6.45) is 1.87. The van der Waals surface area contributed by atoms with Crippen LogP contribution >= 0.6 is 0 Å². The number of nitrogens with one attached hydrogen (secondary N) is 1. The fourth-order valence-electron chi connectivity index (χ4n) is 1.17. The number of carbonyl (C=O) groups is 1. The first-order valence-electron chi connectivity index (χ1n) is 3.71. The van der Waals surface area contributed by atoms with Crippen LogP contribution in [0.2, 0.25) is 0 Å². The molecular weight excluding hydrogens is 130 g/mol. The van der Waals surface area contributed by atoms with E-state index in [1.807, 2.05) is 6.92 Å². The lowest BCUT2D eigenvalue weighted by atomic mass is 10.1. The molecule has 0 saturated carbocycles. The Morgan fingerprint density at radius 1 is 1.70 bits per heavy atom. The second-order valence-electron chi connectivity index (χ2n) is 2.65. The smallest absolute Gasteiger partial charge is 0.407 e. The largest absolute Gasteiger partial charge is 0.444 e. The average Bonchev–Trinajstić information content (AvgIpc) is 2.13. The Morgan fingerprint density at radius 2 is 2.40 bits per heavy atom. The molecule has 1 fully saturated rings. The van der Waals surface area contributed by atoms with E-state index in [9.17, 15) is 4.79 Å². The number of alkyl carbamates (subject to hydrolysis) is 1. The summed E-state index contributed by atoms with van der Waals surface area (Å²) in [6, 6.07) is 0.234. The molecule has 0 aromatic carbocycles. The van der Waals surface area contributed by atoms with Crippen molar-refractivity contribution in [3.63, 3.8) is 0 Å². The molecule has 1 heterocycles. The van der Waals surface area contributed by atoms with Gasteiger partial charge in [0.05, 0.1) is 6.04 Å². The van der Waals surface area contributed by atoms with Gasteiger partial charge in [-0.1, -0.05) is 13.3 Å². The van der Waals surface area contributed by atoms with Gasteiger partial charge in [0.1, 0.15) is 6.10 Å². The Morgan fingerprint density at radius 3 is 2.80 bits per heavy atom. The lowest BCUT2D eigenvalue weighted by Crippen LogP contribution is -2.29. The van der Waals surface area contributed by atoms with Gasteiger partial charge in [0.2, 0.25) is 0 Å². The fourth-order valence-corrected chi connectivity index (χ4v) is 1.17. The van der Waals surface area contributed by atoms with Gasteiger partial charge in [-0.3, -0.25) is 0 Å². The first kappa shape index (κ1) is 7.38. The number of hydrogen-bond acceptors (Lipinski definition) is 2. The van der Waals surface area contributed by atoms with Crippen molar-refractivity contribution in [2.75, 3.05) is 0 Å². The van der Waals surface area contributed by atoms with Gasteiger partial charge in [-0.25, -0.2) is 4.79 Å². The van der Waals surface area contributed by atoms with Gasteiger partial charge in [-0.15, -0.1) is 0 Å². The number of ether oxygens (including phenoxy) is 1. The van der Waals surface area contributed by atoms with Crippen LogP contribution in [0.1, 0.15) is 26.7 Å². The van der Waals surface area contributed by atoms with E-state index < -0.39 is 0 Å². The van der Waals surface area contributed by atoms with Crippen LogP contribution in [0.15, 0.2) is 0 Å². The lowest BCUT2D eigenvalue weighted by molar-refractivity contribution is 0.140. The third-order valence-electron chi connectivity index (χ3n) is 1.76. The Kier molecular flexibility index (Phi) is 2.14. The van der Waals surface area contributed by atoms with Crippen molar-refractivity contribution in [2.45, 2.75) is 38.8 Å². The molecule has 2 atom stereocenters. The van der Waals surface area contributed by atoms with E-state index in [1.54, 1.807) is 0 Å². The number of amides is 1. The van der Waals surface area contributed by atoms with Gasteiger partial charge in [-0.2, -0.15) is 0 Å². The zero-order chi connectivity index (χ0) is 7.56. The summed E-state index contributed by atoms with van der Waals surface area (Å²) < 4.78 is 4.88. The molecule has 1 aliphatic heterocycles. The molecule has 1 aliphatic rings. The highest BCUT2D eigenvalue weighted by Gasteiger charge is 2.28. The minimum Gasteiger partial charge on any atom is -0.444 e. The number of cyclic esters (lactones) is 1. The molecule has 0 spiro atoms. The average molecular weight is 143 g/mol. The van der Waals surface area contributed by atoms with E-state index in [1.165, 1.54) is 0 Å². The molecule has 0 aromatic rings. The summed E-state index contributed by atoms with van der Waals surface area (Å²) in [6.45, 7) is 4.01. The predicted octanol–water partition coefficient (Wildman–Crippen LogP) is 1.28. The van der Waals surface area contributed by atoms with E-state index in [-0.39, 0.29) is 18.2 Å². The van der Waals surface area contributed by atoms with Crippen LogP contribution in [0.25, 0.3) is 0 Å². The van der Waals surface area contributed by atoms with Gasteiger partial charge in [-0.05, 0) is 13.3 Å². The Bertz CT molecular complexity index is 136. The second-order valence-corrected chi connectivity index (χ2v) is 2.65. The summed E-state index contributed by atoms with van der Waals surface area (Å²) >= 11 is 0. The highest BCUT2D eigenvalue weighted by molar-refractivity contribution is 5.70. The SMILES string of the molecule is CCC[C@@H]1NC(=O)O[C@H]1C. The molecule has 1 N–H and O–H groups in total. The topological polar surface area (TPSA) is 38.3 Å². The molecule has 1 saturated heterocycles. The summed E-state index contributed by atoms with van der Waals surface area (Å²) in [5, 5.41) is 2.74. The first-order chi connectivity index (χ1) is 4.74. The van der Waals surface area contributed by atoms with Crippen LogP contribution in [0.3, 0.4) is 0 Å². The molecule has 0 unspecified atom stereocenters. The van der Waals surface area contributed by atoms with Crippen molar-refractivity contribution >= 4 is 6.09 Å². The van der Waals surface area contributed by atoms with Gasteiger partial charge >= 0.3 is 6.09 Å². The zero-order valence-corrected chi connectivity index (χ0v) is 6.39. The normalized spacial score (nSPS) is 31.6. The van der Waals surface area contributed by atoms with Crippen molar-refractivity contribution in [1.29, 1.82) is 0 Å². The first-order valence-corrected chi connectivity index (χ1v) is 3.71.